The highest BCUT2D eigenvalue weighted by Gasteiger charge is 2.27. The molecule has 4 heteroatoms. The summed E-state index contributed by atoms with van der Waals surface area (Å²) in [6.45, 7) is 0. The number of thiophene rings is 2. The second-order valence-corrected chi connectivity index (χ2v) is 16.2. The van der Waals surface area contributed by atoms with Crippen molar-refractivity contribution < 1.29 is 0 Å². The Morgan fingerprint density at radius 2 is 0.692 bits per heavy atom. The van der Waals surface area contributed by atoms with Gasteiger partial charge in [-0.1, -0.05) is 109 Å². The van der Waals surface area contributed by atoms with Crippen LogP contribution in [-0.4, -0.2) is 0 Å². The van der Waals surface area contributed by atoms with Crippen LogP contribution >= 0.6 is 22.7 Å². The van der Waals surface area contributed by atoms with Gasteiger partial charge in [-0.2, -0.15) is 0 Å². The fourth-order valence-corrected chi connectivity index (χ4v) is 11.6. The van der Waals surface area contributed by atoms with Crippen molar-refractivity contribution in [3.05, 3.63) is 180 Å². The predicted molar refractivity (Wildman–Crippen MR) is 225 cm³/mol. The van der Waals surface area contributed by atoms with Gasteiger partial charge in [0, 0.05) is 77.9 Å². The lowest BCUT2D eigenvalue weighted by atomic mass is 9.94. The van der Waals surface area contributed by atoms with E-state index in [0.717, 1.165) is 12.8 Å². The number of para-hydroxylation sites is 4. The molecule has 0 fully saturated rings. The van der Waals surface area contributed by atoms with Gasteiger partial charge in [0.2, 0.25) is 0 Å². The van der Waals surface area contributed by atoms with E-state index >= 15 is 0 Å². The molecule has 0 N–H and O–H groups in total. The molecule has 2 aliphatic rings. The van der Waals surface area contributed by atoms with Gasteiger partial charge in [0.25, 0.3) is 0 Å². The van der Waals surface area contributed by atoms with Gasteiger partial charge in [0.05, 0.1) is 9.40 Å². The van der Waals surface area contributed by atoms with E-state index in [1.807, 2.05) is 22.7 Å². The number of nitrogens with zero attached hydrogens (tertiary/aromatic N) is 2. The predicted octanol–water partition coefficient (Wildman–Crippen LogP) is 14.3. The van der Waals surface area contributed by atoms with Gasteiger partial charge in [-0.25, -0.2) is 0 Å². The lowest BCUT2D eigenvalue weighted by Gasteiger charge is -2.33. The van der Waals surface area contributed by atoms with Crippen molar-refractivity contribution in [1.82, 2.24) is 0 Å². The number of hydrogen-bond donors (Lipinski definition) is 0. The van der Waals surface area contributed by atoms with Crippen LogP contribution in [0.25, 0.3) is 51.1 Å². The minimum absolute atomic E-state index is 0.961. The lowest BCUT2D eigenvalue weighted by molar-refractivity contribution is 1.09. The molecule has 10 aromatic rings. The highest BCUT2D eigenvalue weighted by molar-refractivity contribution is 7.33. The van der Waals surface area contributed by atoms with Crippen molar-refractivity contribution in [3.63, 3.8) is 0 Å². The second kappa shape index (κ2) is 10.8. The van der Waals surface area contributed by atoms with E-state index < -0.39 is 0 Å². The Bertz CT molecular complexity index is 2810. The maximum absolute atomic E-state index is 2.46. The first-order valence-corrected chi connectivity index (χ1v) is 19.6. The molecule has 8 aromatic carbocycles. The first kappa shape index (κ1) is 28.7. The summed E-state index contributed by atoms with van der Waals surface area (Å²) in [5.41, 5.74) is 13.0. The number of hydrogen-bond acceptors (Lipinski definition) is 4. The molecule has 2 aromatic heterocycles. The van der Waals surface area contributed by atoms with Crippen LogP contribution in [0.4, 0.5) is 34.1 Å². The summed E-state index contributed by atoms with van der Waals surface area (Å²) in [5.74, 6) is 0. The molecule has 2 aliphatic heterocycles. The first-order valence-electron chi connectivity index (χ1n) is 17.9. The van der Waals surface area contributed by atoms with E-state index in [2.05, 4.69) is 168 Å². The fraction of sp³-hybridized carbons (Fsp3) is 0.0417. The molecule has 0 aliphatic carbocycles. The highest BCUT2D eigenvalue weighted by Crippen LogP contribution is 2.52. The molecule has 0 saturated carbocycles. The molecule has 0 atom stereocenters. The summed E-state index contributed by atoms with van der Waals surface area (Å²) in [7, 11) is 0. The van der Waals surface area contributed by atoms with Crippen molar-refractivity contribution in [2.75, 3.05) is 9.80 Å². The summed E-state index contributed by atoms with van der Waals surface area (Å²) in [5, 5.41) is 8.08. The van der Waals surface area contributed by atoms with Gasteiger partial charge in [0.15, 0.2) is 0 Å². The number of benzene rings is 8. The van der Waals surface area contributed by atoms with Gasteiger partial charge < -0.3 is 9.80 Å². The van der Waals surface area contributed by atoms with Crippen LogP contribution in [0.2, 0.25) is 0 Å². The zero-order valence-electron chi connectivity index (χ0n) is 28.1. The molecule has 0 bridgehead atoms. The average molecular weight is 699 g/mol. The standard InChI is InChI=1S/C48H30N2S2/c1-7-17-39-29(11-1)25-30-12-2-8-18-40(30)49(39)33-21-23-37-43(27-33)51-47-45(37)35-15-5-6-16-36(35)46-38-24-22-34(28-44(38)52-48(46)47)50-41-19-9-3-13-31(41)26-32-14-4-10-20-42(32)50/h1-24,27-28H,25-26H2. The Kier molecular flexibility index (Phi) is 5.96. The largest absolute Gasteiger partial charge is 0.310 e. The SMILES string of the molecule is c1ccc2c(c1)Cc1ccccc1N2c1ccc2c(c1)sc1c3sc4cc(N5c6ccccc6Cc6ccccc65)ccc4c3c3ccccc3c21. The highest BCUT2D eigenvalue weighted by atomic mass is 32.1. The lowest BCUT2D eigenvalue weighted by Crippen LogP contribution is -2.18. The van der Waals surface area contributed by atoms with E-state index in [-0.39, 0.29) is 0 Å². The van der Waals surface area contributed by atoms with Crippen LogP contribution in [0.15, 0.2) is 158 Å². The molecule has 12 rings (SSSR count). The number of fused-ring (bicyclic) bond motifs is 14. The van der Waals surface area contributed by atoms with Crippen LogP contribution < -0.4 is 9.80 Å². The molecular formula is C48H30N2S2. The summed E-state index contributed by atoms with van der Waals surface area (Å²) >= 11 is 3.90. The minimum Gasteiger partial charge on any atom is -0.310 e. The second-order valence-electron chi connectivity index (χ2n) is 14.1. The summed E-state index contributed by atoms with van der Waals surface area (Å²) in [6, 6.07) is 58.8. The van der Waals surface area contributed by atoms with Crippen molar-refractivity contribution >= 4 is 108 Å². The Hall–Kier alpha value is -5.94. The minimum atomic E-state index is 0.961. The molecule has 4 heterocycles. The van der Waals surface area contributed by atoms with Crippen molar-refractivity contribution in [1.29, 1.82) is 0 Å². The summed E-state index contributed by atoms with van der Waals surface area (Å²) in [6.07, 6.45) is 1.92. The maximum Gasteiger partial charge on any atom is 0.0540 e. The van der Waals surface area contributed by atoms with Crippen molar-refractivity contribution in [2.24, 2.45) is 0 Å². The molecule has 0 spiro atoms. The zero-order chi connectivity index (χ0) is 33.9. The third-order valence-electron chi connectivity index (χ3n) is 11.2. The zero-order valence-corrected chi connectivity index (χ0v) is 29.8. The Labute approximate surface area is 309 Å². The monoisotopic (exact) mass is 698 g/mol. The smallest absolute Gasteiger partial charge is 0.0540 e. The third kappa shape index (κ3) is 3.99. The van der Waals surface area contributed by atoms with Gasteiger partial charge >= 0.3 is 0 Å². The van der Waals surface area contributed by atoms with Crippen LogP contribution in [0, 0.1) is 0 Å². The van der Waals surface area contributed by atoms with Crippen LogP contribution in [-0.2, 0) is 12.8 Å². The first-order chi connectivity index (χ1) is 25.8. The quantitative estimate of drug-likeness (QED) is 0.177. The number of anilines is 6. The van der Waals surface area contributed by atoms with Crippen molar-refractivity contribution in [3.8, 4) is 0 Å². The molecule has 0 radical (unpaired) electrons. The van der Waals surface area contributed by atoms with E-state index in [9.17, 15) is 0 Å². The molecule has 52 heavy (non-hydrogen) atoms. The average Bonchev–Trinajstić information content (AvgIpc) is 3.78. The molecular weight excluding hydrogens is 669 g/mol. The molecule has 244 valence electrons. The third-order valence-corrected chi connectivity index (χ3v) is 13.7. The normalized spacial score (nSPS) is 13.5. The summed E-state index contributed by atoms with van der Waals surface area (Å²) < 4.78 is 5.42. The van der Waals surface area contributed by atoms with Crippen LogP contribution in [0.5, 0.6) is 0 Å². The van der Waals surface area contributed by atoms with Crippen LogP contribution in [0.1, 0.15) is 22.3 Å². The fourth-order valence-electron chi connectivity index (χ4n) is 8.96. The molecule has 0 unspecified atom stereocenters. The van der Waals surface area contributed by atoms with E-state index in [4.69, 9.17) is 0 Å². The molecule has 2 nitrogen and oxygen atoms in total. The van der Waals surface area contributed by atoms with E-state index in [1.165, 1.54) is 107 Å². The Balaban J connectivity index is 1.09. The molecule has 0 saturated heterocycles. The van der Waals surface area contributed by atoms with Crippen LogP contribution in [0.3, 0.4) is 0 Å². The van der Waals surface area contributed by atoms with Gasteiger partial charge in [-0.15, -0.1) is 22.7 Å². The Morgan fingerprint density at radius 1 is 0.346 bits per heavy atom. The Morgan fingerprint density at radius 3 is 1.08 bits per heavy atom. The molecule has 0 amide bonds. The number of rotatable bonds is 2. The summed E-state index contributed by atoms with van der Waals surface area (Å²) in [4.78, 5) is 4.92. The topological polar surface area (TPSA) is 6.48 Å². The van der Waals surface area contributed by atoms with E-state index in [0.29, 0.717) is 0 Å². The van der Waals surface area contributed by atoms with Crippen molar-refractivity contribution in [2.45, 2.75) is 12.8 Å². The van der Waals surface area contributed by atoms with Gasteiger partial charge in [-0.3, -0.25) is 0 Å². The maximum atomic E-state index is 2.46. The van der Waals surface area contributed by atoms with Gasteiger partial charge in [0.1, 0.15) is 0 Å². The van der Waals surface area contributed by atoms with E-state index in [1.54, 1.807) is 0 Å². The van der Waals surface area contributed by atoms with Gasteiger partial charge in [-0.05, 0) is 81.6 Å².